The standard InChI is InChI=1S/2C15H15NO.C14H13NO.C13H11NO.C10H15NOSi.C8H9NO.CH3.10BrH.ClH.6Ti/c2*1-11-7-8-12(2)14(9-11)16-10-13-5-3-4-6-15(13)17;1-11-6-8-13(9-7-11)15-10-12-4-2-3-5-14(12)16;15-13-9-5-4-6-11(13)10-14-12-7-2-1-3-8-12;1-13(2,3)11-8-9-6-4-5-7-10(9)12;1-9-6-7-4-2-3-5-8(7)10;;;;;;;;;;;;;;;;;;/h2*3-10,17H,1-2H3;2-10,16H,1H3;1-10,15H;4-8,12H,1-3H3;2-6,10H,1H3;1H3;11*1H;;;;;;/q;;;;;;-1;;;;;;;;;;;;6*+2/p-11. The summed E-state index contributed by atoms with van der Waals surface area (Å²) in [6.45, 7) is 16.6. The van der Waals surface area contributed by atoms with E-state index < -0.39 is 8.24 Å². The fourth-order valence-corrected chi connectivity index (χ4v) is 7.94. The molecule has 106 heavy (non-hydrogen) atoms. The second-order valence-electron chi connectivity index (χ2n) is 21.3. The van der Waals surface area contributed by atoms with Crippen LogP contribution in [0.15, 0.2) is 266 Å². The number of aryl methyl sites for hydroxylation is 5. The summed E-state index contributed by atoms with van der Waals surface area (Å²) in [6.07, 6.45) is 10.1. The zero-order valence-corrected chi connectivity index (χ0v) is 86.5. The number of rotatable bonds is 11. The van der Waals surface area contributed by atoms with Crippen molar-refractivity contribution in [1.29, 1.82) is 0 Å². The number of aliphatic imine (C=N–C) groups is 5. The summed E-state index contributed by atoms with van der Waals surface area (Å²) in [5.74, 6) is 1.57. The van der Waals surface area contributed by atoms with Crippen molar-refractivity contribution in [2.45, 2.75) is 54.3 Å². The van der Waals surface area contributed by atoms with Crippen LogP contribution in [0.4, 0.5) is 22.7 Å². The number of halogens is 11. The van der Waals surface area contributed by atoms with E-state index in [4.69, 9.17) is 5.11 Å². The zero-order valence-electron chi connectivity index (χ0n) is 59.5. The van der Waals surface area contributed by atoms with Crippen LogP contribution >= 0.6 is 141 Å². The Morgan fingerprint density at radius 2 is 0.538 bits per heavy atom. The Hall–Kier alpha value is -1.39. The van der Waals surface area contributed by atoms with Gasteiger partial charge in [0.25, 0.3) is 0 Å². The summed E-state index contributed by atoms with van der Waals surface area (Å²) in [5, 5.41) is 56.9. The molecule has 0 atom stereocenters. The van der Waals surface area contributed by atoms with Crippen LogP contribution in [-0.4, -0.2) is 83.2 Å². The van der Waals surface area contributed by atoms with E-state index in [1.165, 1.54) is 36.1 Å². The van der Waals surface area contributed by atoms with Gasteiger partial charge in [-0.15, -0.1) is 0 Å². The predicted molar refractivity (Wildman–Crippen MR) is 473 cm³/mol. The van der Waals surface area contributed by atoms with Crippen LogP contribution < -0.4 is 0 Å². The molecular weight excluding hydrogens is 2240 g/mol. The third-order valence-corrected chi connectivity index (χ3v) is 13.3. The van der Waals surface area contributed by atoms with Crippen molar-refractivity contribution >= 4 is 209 Å². The molecule has 0 unspecified atom stereocenters. The van der Waals surface area contributed by atoms with E-state index >= 15 is 0 Å². The number of aromatic hydroxyl groups is 6. The fourth-order valence-electron chi connectivity index (χ4n) is 7.41. The topological polar surface area (TPSA) is 196 Å². The van der Waals surface area contributed by atoms with Gasteiger partial charge in [0.1, 0.15) is 34.5 Å². The molecule has 12 nitrogen and oxygen atoms in total. The molecule has 556 valence electrons. The number of nitrogens with zero attached hydrogens (tertiary/aromatic N) is 6. The quantitative estimate of drug-likeness (QED) is 0.0423. The molecule has 0 saturated heterocycles. The molecule has 10 aromatic carbocycles. The first-order valence-electron chi connectivity index (χ1n) is 30.4. The predicted octanol–water partition coefficient (Wildman–Crippen LogP) is 27.8. The molecule has 6 N–H and O–H groups in total. The Labute approximate surface area is 752 Å². The molecule has 0 aliphatic carbocycles. The molecule has 0 aromatic heterocycles. The molecule has 10 rings (SSSR count). The molecule has 0 aliphatic rings. The average molecular weight is 2320 g/mol. The van der Waals surface area contributed by atoms with Gasteiger partial charge in [-0.25, -0.2) is 0 Å². The Bertz CT molecular complexity index is 4020. The van der Waals surface area contributed by atoms with Gasteiger partial charge >= 0.3 is 235 Å². The van der Waals surface area contributed by atoms with Gasteiger partial charge in [0.15, 0.2) is 8.24 Å². The second kappa shape index (κ2) is 71.4. The van der Waals surface area contributed by atoms with Crippen LogP contribution in [0.25, 0.3) is 0 Å². The summed E-state index contributed by atoms with van der Waals surface area (Å²) in [4.78, 5) is 21.2. The summed E-state index contributed by atoms with van der Waals surface area (Å²) >= 11 is 34.0. The molecule has 0 bridgehead atoms. The Kier molecular flexibility index (Phi) is 73.3. The summed E-state index contributed by atoms with van der Waals surface area (Å²) in [5.41, 5.74) is 13.9. The van der Waals surface area contributed by atoms with E-state index in [9.17, 15) is 25.5 Å². The van der Waals surface area contributed by atoms with Crippen molar-refractivity contribution in [2.24, 2.45) is 29.6 Å². The Morgan fingerprint density at radius 3 is 0.802 bits per heavy atom. The summed E-state index contributed by atoms with van der Waals surface area (Å²) in [6, 6.07) is 72.8. The molecular formula is C76H81Br10ClN6O6SiTi6. The number of phenols is 6. The average Bonchev–Trinajstić information content (AvgIpc) is 0.883. The van der Waals surface area contributed by atoms with Gasteiger partial charge in [-0.1, -0.05) is 133 Å². The third-order valence-electron chi connectivity index (χ3n) is 12.4. The van der Waals surface area contributed by atoms with Crippen molar-refractivity contribution in [3.05, 3.63) is 305 Å². The van der Waals surface area contributed by atoms with E-state index in [0.29, 0.717) is 5.75 Å². The maximum atomic E-state index is 9.62. The van der Waals surface area contributed by atoms with E-state index in [1.807, 2.05) is 186 Å². The monoisotopic (exact) mass is 2310 g/mol. The number of benzene rings is 10. The van der Waals surface area contributed by atoms with Gasteiger partial charge in [-0.3, -0.25) is 25.0 Å². The van der Waals surface area contributed by atoms with E-state index in [0.717, 1.165) is 67.3 Å². The minimum absolute atomic E-state index is 0. The van der Waals surface area contributed by atoms with Crippen molar-refractivity contribution in [3.63, 3.8) is 0 Å². The Morgan fingerprint density at radius 1 is 0.311 bits per heavy atom. The van der Waals surface area contributed by atoms with Crippen LogP contribution in [0.3, 0.4) is 0 Å². The first-order chi connectivity index (χ1) is 50.3. The molecule has 0 radical (unpaired) electrons. The van der Waals surface area contributed by atoms with Crippen molar-refractivity contribution < 1.29 is 125 Å². The number of phenolic OH excluding ortho intramolecular Hbond substituents is 6. The molecule has 30 heteroatoms. The first-order valence-corrected chi connectivity index (χ1v) is 74.6. The Balaban J connectivity index is -0.00000115. The summed E-state index contributed by atoms with van der Waals surface area (Å²) in [7, 11) is 4.91. The fraction of sp³-hybridized carbons (Fsp3) is 0.118. The molecule has 0 aliphatic heterocycles. The van der Waals surface area contributed by atoms with Gasteiger partial charge in [0, 0.05) is 77.7 Å². The SMILES string of the molecule is CN=Cc1ccccc1O.C[Si](C)(C)N=Cc1ccccc1O.Cc1ccc(C)c(N=Cc2ccccc2O)c1.Cc1ccc(C)c(N=Cc2ccccc2O)c1.Cc1ccc(N=Cc2ccccc2O)cc1.Oc1ccccc1C=Nc1ccccc1.[Br][Ti][Br].[Br][Ti][Br].[Br][Ti][Br].[Br][Ti][Br].[Br][Ti][Br].[CH3-].[Cl][Ti+]. The molecule has 0 amide bonds. The number of hydrogen-bond acceptors (Lipinski definition) is 12. The van der Waals surface area contributed by atoms with Gasteiger partial charge in [-0.05, 0) is 186 Å². The third kappa shape index (κ3) is 55.9. The van der Waals surface area contributed by atoms with Crippen LogP contribution in [0.5, 0.6) is 34.5 Å². The number of para-hydroxylation sites is 7. The van der Waals surface area contributed by atoms with Crippen LogP contribution in [-0.2, 0) is 94.2 Å². The summed E-state index contributed by atoms with van der Waals surface area (Å²) < 4.78 is 4.44. The molecule has 10 aromatic rings. The first kappa shape index (κ1) is 109. The van der Waals surface area contributed by atoms with E-state index in [1.54, 1.807) is 117 Å². The second-order valence-corrected chi connectivity index (χ2v) is 65.3. The van der Waals surface area contributed by atoms with Gasteiger partial charge in [0.2, 0.25) is 0 Å². The van der Waals surface area contributed by atoms with Gasteiger partial charge < -0.3 is 42.7 Å². The minimum atomic E-state index is -1.40. The molecule has 0 fully saturated rings. The van der Waals surface area contributed by atoms with Crippen molar-refractivity contribution in [3.8, 4) is 34.5 Å². The number of hydrogen-bond donors (Lipinski definition) is 6. The van der Waals surface area contributed by atoms with Crippen LogP contribution in [0.2, 0.25) is 19.6 Å². The van der Waals surface area contributed by atoms with Crippen molar-refractivity contribution in [1.82, 2.24) is 0 Å². The van der Waals surface area contributed by atoms with Crippen LogP contribution in [0, 0.1) is 42.0 Å². The van der Waals surface area contributed by atoms with Crippen molar-refractivity contribution in [2.75, 3.05) is 7.05 Å². The zero-order chi connectivity index (χ0) is 79.2. The van der Waals surface area contributed by atoms with E-state index in [-0.39, 0.29) is 111 Å². The molecule has 0 heterocycles. The maximum absolute atomic E-state index is 9.62. The van der Waals surface area contributed by atoms with Crippen LogP contribution in [0.1, 0.15) is 61.2 Å². The van der Waals surface area contributed by atoms with E-state index in [2.05, 4.69) is 202 Å². The normalized spacial score (nSPS) is 9.84. The van der Waals surface area contributed by atoms with Gasteiger partial charge in [0.05, 0.1) is 22.7 Å². The molecule has 0 spiro atoms. The molecule has 0 saturated carbocycles. The van der Waals surface area contributed by atoms with Gasteiger partial charge in [-0.2, -0.15) is 0 Å².